The topological polar surface area (TPSA) is 49.4 Å². The second-order valence-corrected chi connectivity index (χ2v) is 11.2. The number of carboxylic acids is 1. The number of alkyl halides is 3. The molecule has 0 unspecified atom stereocenters. The third-order valence-corrected chi connectivity index (χ3v) is 8.59. The van der Waals surface area contributed by atoms with Gasteiger partial charge >= 0.3 is 6.18 Å². The Balaban J connectivity index is 1.36. The van der Waals surface area contributed by atoms with Crippen molar-refractivity contribution in [3.05, 3.63) is 82.9 Å². The summed E-state index contributed by atoms with van der Waals surface area (Å²) in [6.45, 7) is 0. The maximum absolute atomic E-state index is 13.2. The summed E-state index contributed by atoms with van der Waals surface area (Å²) in [4.78, 5) is 11.0. The third-order valence-electron chi connectivity index (χ3n) is 8.59. The van der Waals surface area contributed by atoms with Crippen molar-refractivity contribution in [1.29, 1.82) is 0 Å². The van der Waals surface area contributed by atoms with E-state index in [2.05, 4.69) is 18.2 Å². The van der Waals surface area contributed by atoms with Crippen LogP contribution in [0.1, 0.15) is 67.2 Å². The number of aryl methyl sites for hydroxylation is 1. The third kappa shape index (κ3) is 5.48. The van der Waals surface area contributed by atoms with E-state index in [-0.39, 0.29) is 5.41 Å². The van der Waals surface area contributed by atoms with Crippen molar-refractivity contribution in [2.45, 2.75) is 63.0 Å². The van der Waals surface area contributed by atoms with Gasteiger partial charge in [-0.25, -0.2) is 0 Å². The Bertz CT molecular complexity index is 1190. The van der Waals surface area contributed by atoms with Crippen LogP contribution in [0.25, 0.3) is 5.57 Å². The number of allylic oxidation sites excluding steroid dienone is 3. The molecule has 196 valence electrons. The lowest BCUT2D eigenvalue weighted by Crippen LogP contribution is -2.48. The average molecular weight is 510 g/mol. The average Bonchev–Trinajstić information content (AvgIpc) is 2.84. The summed E-state index contributed by atoms with van der Waals surface area (Å²) in [6.07, 6.45) is 8.51. The van der Waals surface area contributed by atoms with E-state index >= 15 is 0 Å². The molecule has 4 fully saturated rings. The van der Waals surface area contributed by atoms with Crippen molar-refractivity contribution in [2.75, 3.05) is 7.11 Å². The van der Waals surface area contributed by atoms with E-state index in [0.717, 1.165) is 47.3 Å². The molecule has 37 heavy (non-hydrogen) atoms. The molecule has 4 bridgehead atoms. The van der Waals surface area contributed by atoms with Gasteiger partial charge in [-0.15, -0.1) is 0 Å². The number of aliphatic carboxylic acids is 1. The zero-order valence-electron chi connectivity index (χ0n) is 21.0. The fourth-order valence-corrected chi connectivity index (χ4v) is 7.48. The fraction of sp³-hybridized carbons (Fsp3) is 0.452. The highest BCUT2D eigenvalue weighted by atomic mass is 19.4. The number of carbonyl (C=O) groups excluding carboxylic acids is 1. The minimum atomic E-state index is -4.48. The van der Waals surface area contributed by atoms with E-state index in [1.807, 2.05) is 0 Å². The van der Waals surface area contributed by atoms with Crippen molar-refractivity contribution >= 4 is 11.5 Å². The molecule has 6 heteroatoms. The molecule has 0 aliphatic heterocycles. The second-order valence-electron chi connectivity index (χ2n) is 11.2. The first kappa shape index (κ1) is 25.6. The summed E-state index contributed by atoms with van der Waals surface area (Å²) in [5, 5.41) is 11.0. The van der Waals surface area contributed by atoms with Gasteiger partial charge < -0.3 is 14.6 Å². The van der Waals surface area contributed by atoms with Gasteiger partial charge in [0.15, 0.2) is 0 Å². The van der Waals surface area contributed by atoms with E-state index in [4.69, 9.17) is 4.74 Å². The van der Waals surface area contributed by atoms with Crippen molar-refractivity contribution in [2.24, 2.45) is 17.8 Å². The lowest BCUT2D eigenvalue weighted by atomic mass is 9.48. The molecule has 0 atom stereocenters. The summed E-state index contributed by atoms with van der Waals surface area (Å²) in [5.41, 5.74) is 2.58. The molecule has 0 amide bonds. The lowest BCUT2D eigenvalue weighted by Gasteiger charge is -2.57. The second kappa shape index (κ2) is 10.0. The molecule has 3 nitrogen and oxygen atoms in total. The summed E-state index contributed by atoms with van der Waals surface area (Å²) in [7, 11) is 1.72. The molecule has 0 heterocycles. The number of benzene rings is 2. The Morgan fingerprint density at radius 3 is 2.30 bits per heavy atom. The summed E-state index contributed by atoms with van der Waals surface area (Å²) in [6, 6.07) is 11.4. The predicted octanol–water partition coefficient (Wildman–Crippen LogP) is 6.50. The van der Waals surface area contributed by atoms with Crippen molar-refractivity contribution in [3.8, 4) is 5.75 Å². The molecule has 4 saturated carbocycles. The van der Waals surface area contributed by atoms with E-state index in [1.165, 1.54) is 56.2 Å². The van der Waals surface area contributed by atoms with Crippen LogP contribution in [0, 0.1) is 17.8 Å². The molecular formula is C31H32F3O3-. The molecular weight excluding hydrogens is 477 g/mol. The minimum Gasteiger partial charge on any atom is -0.545 e. The van der Waals surface area contributed by atoms with Crippen LogP contribution in [0.4, 0.5) is 13.2 Å². The van der Waals surface area contributed by atoms with Gasteiger partial charge in [0.2, 0.25) is 0 Å². The summed E-state index contributed by atoms with van der Waals surface area (Å²) < 4.78 is 45.5. The molecule has 0 N–H and O–H groups in total. The quantitative estimate of drug-likeness (QED) is 0.301. The normalized spacial score (nSPS) is 27.1. The van der Waals surface area contributed by atoms with Crippen LogP contribution in [0.5, 0.6) is 5.75 Å². The monoisotopic (exact) mass is 509 g/mol. The van der Waals surface area contributed by atoms with Crippen LogP contribution < -0.4 is 9.84 Å². The van der Waals surface area contributed by atoms with Gasteiger partial charge in [0.05, 0.1) is 18.6 Å². The standard InChI is InChI=1S/C31H33F3O3/c1-37-28-15-20(8-10-27(28)30-17-21-12-22(18-30)14-23(13-21)19-30)4-2-5-24(9-11-29(35)36)25-6-3-7-26(16-25)31(32,33)34/h3,5-11,15-16,21-23H,2,4,12-14,17-19H2,1H3,(H,35,36)/p-1/b11-9?,24-5-. The molecule has 0 aromatic heterocycles. The van der Waals surface area contributed by atoms with Crippen LogP contribution in [-0.2, 0) is 22.8 Å². The molecule has 0 radical (unpaired) electrons. The fourth-order valence-electron chi connectivity index (χ4n) is 7.48. The van der Waals surface area contributed by atoms with Gasteiger partial charge in [-0.3, -0.25) is 0 Å². The molecule has 0 spiro atoms. The van der Waals surface area contributed by atoms with Crippen molar-refractivity contribution in [3.63, 3.8) is 0 Å². The Labute approximate surface area is 216 Å². The van der Waals surface area contributed by atoms with Crippen LogP contribution in [0.2, 0.25) is 0 Å². The van der Waals surface area contributed by atoms with E-state index in [0.29, 0.717) is 24.0 Å². The van der Waals surface area contributed by atoms with Crippen LogP contribution >= 0.6 is 0 Å². The molecule has 2 aromatic carbocycles. The highest BCUT2D eigenvalue weighted by Gasteiger charge is 2.52. The van der Waals surface area contributed by atoms with Crippen LogP contribution in [0.3, 0.4) is 0 Å². The van der Waals surface area contributed by atoms with E-state index < -0.39 is 17.7 Å². The van der Waals surface area contributed by atoms with Gasteiger partial charge in [-0.1, -0.05) is 36.4 Å². The zero-order chi connectivity index (χ0) is 26.2. The minimum absolute atomic E-state index is 0.227. The summed E-state index contributed by atoms with van der Waals surface area (Å²) >= 11 is 0. The number of carbonyl (C=O) groups is 1. The van der Waals surface area contributed by atoms with Gasteiger partial charge in [0, 0.05) is 5.56 Å². The Hall–Kier alpha value is -3.02. The number of hydrogen-bond donors (Lipinski definition) is 0. The number of ether oxygens (including phenoxy) is 1. The molecule has 4 aliphatic carbocycles. The Morgan fingerprint density at radius 2 is 1.70 bits per heavy atom. The molecule has 0 saturated heterocycles. The Morgan fingerprint density at radius 1 is 1.03 bits per heavy atom. The largest absolute Gasteiger partial charge is 0.545 e. The molecule has 2 aromatic rings. The summed E-state index contributed by atoms with van der Waals surface area (Å²) in [5.74, 6) is 2.04. The van der Waals surface area contributed by atoms with E-state index in [1.54, 1.807) is 19.3 Å². The highest BCUT2D eigenvalue weighted by molar-refractivity contribution is 5.84. The number of methoxy groups -OCH3 is 1. The highest BCUT2D eigenvalue weighted by Crippen LogP contribution is 2.61. The first-order valence-corrected chi connectivity index (χ1v) is 13.1. The zero-order valence-corrected chi connectivity index (χ0v) is 21.0. The van der Waals surface area contributed by atoms with Crippen LogP contribution in [0.15, 0.2) is 60.7 Å². The first-order valence-electron chi connectivity index (χ1n) is 13.1. The lowest BCUT2D eigenvalue weighted by molar-refractivity contribution is -0.297. The van der Waals surface area contributed by atoms with Crippen molar-refractivity contribution in [1.82, 2.24) is 0 Å². The SMILES string of the molecule is COc1cc(CC/C=C(/C=CC(=O)[O-])c2cccc(C(F)(F)F)c2)ccc1C12CC3CC(CC(C3)C1)C2. The smallest absolute Gasteiger partial charge is 0.416 e. The number of hydrogen-bond acceptors (Lipinski definition) is 3. The predicted molar refractivity (Wildman–Crippen MR) is 135 cm³/mol. The molecule has 4 aliphatic rings. The maximum Gasteiger partial charge on any atom is 0.416 e. The Kier molecular flexibility index (Phi) is 6.95. The van der Waals surface area contributed by atoms with Crippen LogP contribution in [-0.4, -0.2) is 13.1 Å². The van der Waals surface area contributed by atoms with Crippen molar-refractivity contribution < 1.29 is 27.8 Å². The number of carboxylic acid groups (broad SMARTS) is 1. The van der Waals surface area contributed by atoms with Gasteiger partial charge in [0.25, 0.3) is 0 Å². The van der Waals surface area contributed by atoms with Gasteiger partial charge in [0.1, 0.15) is 5.75 Å². The number of halogens is 3. The molecule has 6 rings (SSSR count). The van der Waals surface area contributed by atoms with E-state index in [9.17, 15) is 23.1 Å². The first-order chi connectivity index (χ1) is 17.6. The van der Waals surface area contributed by atoms with Gasteiger partial charge in [-0.05, 0) is 116 Å². The maximum atomic E-state index is 13.2. The van der Waals surface area contributed by atoms with Gasteiger partial charge in [-0.2, -0.15) is 13.2 Å². The number of rotatable bonds is 8.